The van der Waals surface area contributed by atoms with Gasteiger partial charge in [0.1, 0.15) is 0 Å². The second-order valence-electron chi connectivity index (χ2n) is 6.75. The number of carbonyl (C=O) groups is 1. The molecule has 1 aromatic carbocycles. The summed E-state index contributed by atoms with van der Waals surface area (Å²) < 4.78 is 13.0. The van der Waals surface area contributed by atoms with E-state index in [1.165, 1.54) is 5.56 Å². The van der Waals surface area contributed by atoms with Crippen molar-refractivity contribution in [2.75, 3.05) is 26.4 Å². The highest BCUT2D eigenvalue weighted by Gasteiger charge is 2.32. The molecule has 8 heteroatoms. The number of urea groups is 1. The van der Waals surface area contributed by atoms with Crippen molar-refractivity contribution >= 4 is 6.03 Å². The van der Waals surface area contributed by atoms with Gasteiger partial charge in [0.05, 0.1) is 44.2 Å². The maximum atomic E-state index is 12.2. The highest BCUT2D eigenvalue weighted by Crippen LogP contribution is 2.28. The van der Waals surface area contributed by atoms with E-state index in [0.717, 1.165) is 6.42 Å². The number of benzene rings is 1. The Morgan fingerprint density at radius 3 is 2.92 bits per heavy atom. The lowest BCUT2D eigenvalue weighted by molar-refractivity contribution is 0.109. The molecule has 8 nitrogen and oxygen atoms in total. The topological polar surface area (TPSA) is 90.3 Å². The van der Waals surface area contributed by atoms with E-state index in [4.69, 9.17) is 9.47 Å². The molecule has 138 valence electrons. The Kier molecular flexibility index (Phi) is 5.12. The Balaban J connectivity index is 1.23. The first-order chi connectivity index (χ1) is 12.8. The van der Waals surface area contributed by atoms with Gasteiger partial charge in [0.25, 0.3) is 0 Å². The van der Waals surface area contributed by atoms with Crippen molar-refractivity contribution in [1.82, 2.24) is 25.6 Å². The van der Waals surface area contributed by atoms with Gasteiger partial charge in [-0.1, -0.05) is 35.5 Å². The molecule has 2 amide bonds. The summed E-state index contributed by atoms with van der Waals surface area (Å²) in [6, 6.07) is 9.99. The largest absolute Gasteiger partial charge is 0.377 e. The van der Waals surface area contributed by atoms with E-state index in [-0.39, 0.29) is 24.2 Å². The third-order valence-electron chi connectivity index (χ3n) is 4.99. The lowest BCUT2D eigenvalue weighted by atomic mass is 9.96. The Labute approximate surface area is 151 Å². The van der Waals surface area contributed by atoms with E-state index >= 15 is 0 Å². The van der Waals surface area contributed by atoms with Crippen LogP contribution in [0, 0.1) is 0 Å². The smallest absolute Gasteiger partial charge is 0.315 e. The molecule has 0 bridgehead atoms. The second-order valence-corrected chi connectivity index (χ2v) is 6.75. The van der Waals surface area contributed by atoms with Gasteiger partial charge in [0.2, 0.25) is 0 Å². The fourth-order valence-electron chi connectivity index (χ4n) is 3.57. The van der Waals surface area contributed by atoms with Crippen LogP contribution in [0.15, 0.2) is 42.7 Å². The Morgan fingerprint density at radius 1 is 1.23 bits per heavy atom. The predicted octanol–water partition coefficient (Wildman–Crippen LogP) is 1.09. The fraction of sp³-hybridized carbons (Fsp3) is 0.500. The quantitative estimate of drug-likeness (QED) is 0.836. The summed E-state index contributed by atoms with van der Waals surface area (Å²) in [7, 11) is 0. The number of carbonyl (C=O) groups excluding carboxylic acids is 1. The maximum Gasteiger partial charge on any atom is 0.315 e. The molecule has 2 saturated heterocycles. The molecule has 0 spiro atoms. The zero-order chi connectivity index (χ0) is 17.8. The molecule has 0 saturated carbocycles. The van der Waals surface area contributed by atoms with E-state index in [1.807, 2.05) is 18.2 Å². The van der Waals surface area contributed by atoms with Crippen LogP contribution in [-0.2, 0) is 9.47 Å². The number of amides is 2. The summed E-state index contributed by atoms with van der Waals surface area (Å²) in [4.78, 5) is 12.2. The van der Waals surface area contributed by atoms with Crippen LogP contribution >= 0.6 is 0 Å². The minimum atomic E-state index is -0.211. The lowest BCUT2D eigenvalue weighted by Gasteiger charge is -2.20. The van der Waals surface area contributed by atoms with E-state index in [0.29, 0.717) is 32.3 Å². The van der Waals surface area contributed by atoms with Gasteiger partial charge < -0.3 is 20.1 Å². The van der Waals surface area contributed by atoms with Crippen LogP contribution in [0.5, 0.6) is 0 Å². The van der Waals surface area contributed by atoms with Gasteiger partial charge in [-0.15, -0.1) is 5.10 Å². The predicted molar refractivity (Wildman–Crippen MR) is 93.7 cm³/mol. The zero-order valence-electron chi connectivity index (χ0n) is 14.5. The number of ether oxygens (including phenoxy) is 2. The van der Waals surface area contributed by atoms with E-state index in [1.54, 1.807) is 17.1 Å². The summed E-state index contributed by atoms with van der Waals surface area (Å²) >= 11 is 0. The van der Waals surface area contributed by atoms with Crippen LogP contribution in [0.3, 0.4) is 0 Å². The average Bonchev–Trinajstić information content (AvgIpc) is 3.42. The minimum absolute atomic E-state index is 0.0339. The molecule has 2 fully saturated rings. The number of hydrogen-bond acceptors (Lipinski definition) is 5. The molecule has 0 radical (unpaired) electrons. The molecule has 2 aliphatic heterocycles. The van der Waals surface area contributed by atoms with Crippen LogP contribution in [0.25, 0.3) is 0 Å². The number of nitrogens with zero attached hydrogens (tertiary/aromatic N) is 3. The molecule has 4 rings (SSSR count). The Morgan fingerprint density at radius 2 is 2.12 bits per heavy atom. The van der Waals surface area contributed by atoms with E-state index in [9.17, 15) is 4.79 Å². The highest BCUT2D eigenvalue weighted by atomic mass is 16.5. The van der Waals surface area contributed by atoms with E-state index in [2.05, 4.69) is 33.1 Å². The summed E-state index contributed by atoms with van der Waals surface area (Å²) in [6.45, 7) is 2.17. The number of nitrogens with one attached hydrogen (secondary N) is 2. The van der Waals surface area contributed by atoms with Crippen molar-refractivity contribution in [3.63, 3.8) is 0 Å². The van der Waals surface area contributed by atoms with Gasteiger partial charge in [-0.25, -0.2) is 9.48 Å². The molecule has 1 aromatic heterocycles. The van der Waals surface area contributed by atoms with Gasteiger partial charge in [-0.3, -0.25) is 0 Å². The molecule has 3 heterocycles. The van der Waals surface area contributed by atoms with Gasteiger partial charge in [0, 0.05) is 18.7 Å². The summed E-state index contributed by atoms with van der Waals surface area (Å²) in [6.07, 6.45) is 4.35. The first-order valence-electron chi connectivity index (χ1n) is 8.94. The van der Waals surface area contributed by atoms with Crippen molar-refractivity contribution in [1.29, 1.82) is 0 Å². The zero-order valence-corrected chi connectivity index (χ0v) is 14.5. The molecule has 2 N–H and O–H groups in total. The van der Waals surface area contributed by atoms with Gasteiger partial charge in [0.15, 0.2) is 0 Å². The molecular weight excluding hydrogens is 334 g/mol. The normalized spacial score (nSPS) is 28.2. The van der Waals surface area contributed by atoms with Crippen molar-refractivity contribution in [3.8, 4) is 0 Å². The molecule has 2 aliphatic rings. The summed E-state index contributed by atoms with van der Waals surface area (Å²) in [5.41, 5.74) is 1.29. The van der Waals surface area contributed by atoms with Crippen molar-refractivity contribution in [2.45, 2.75) is 30.5 Å². The van der Waals surface area contributed by atoms with Crippen molar-refractivity contribution in [2.24, 2.45) is 0 Å². The van der Waals surface area contributed by atoms with Crippen molar-refractivity contribution in [3.05, 3.63) is 48.3 Å². The number of rotatable bonds is 5. The first-order valence-corrected chi connectivity index (χ1v) is 8.94. The monoisotopic (exact) mass is 357 g/mol. The third kappa shape index (κ3) is 3.86. The summed E-state index contributed by atoms with van der Waals surface area (Å²) in [5, 5.41) is 13.7. The highest BCUT2D eigenvalue weighted by molar-refractivity contribution is 5.74. The molecule has 26 heavy (non-hydrogen) atoms. The van der Waals surface area contributed by atoms with Gasteiger partial charge >= 0.3 is 6.03 Å². The van der Waals surface area contributed by atoms with Crippen LogP contribution in [-0.4, -0.2) is 59.5 Å². The molecule has 0 unspecified atom stereocenters. The lowest BCUT2D eigenvalue weighted by Crippen LogP contribution is -2.47. The van der Waals surface area contributed by atoms with Crippen LogP contribution in [0.4, 0.5) is 4.79 Å². The molecule has 0 aliphatic carbocycles. The average molecular weight is 357 g/mol. The first kappa shape index (κ1) is 17.0. The second kappa shape index (κ2) is 7.84. The molecular formula is C18H23N5O3. The summed E-state index contributed by atoms with van der Waals surface area (Å²) in [5.74, 6) is 0.394. The standard InChI is InChI=1S/C18H23N5O3/c24-18(21-16-11-25-12-17(16)23-7-6-20-22-23)19-9-15-8-14(10-26-15)13-4-2-1-3-5-13/h1-7,14-17H,8-12H2,(H2,19,21,24)/t14-,15-,16-,17+/m0/s1. The maximum absolute atomic E-state index is 12.2. The number of hydrogen-bond donors (Lipinski definition) is 2. The Hall–Kier alpha value is -2.45. The minimum Gasteiger partial charge on any atom is -0.377 e. The van der Waals surface area contributed by atoms with E-state index < -0.39 is 0 Å². The number of aromatic nitrogens is 3. The van der Waals surface area contributed by atoms with Crippen LogP contribution in [0.1, 0.15) is 23.9 Å². The molecule has 2 aromatic rings. The third-order valence-corrected chi connectivity index (χ3v) is 4.99. The molecule has 4 atom stereocenters. The van der Waals surface area contributed by atoms with Gasteiger partial charge in [-0.05, 0) is 12.0 Å². The van der Waals surface area contributed by atoms with Crippen molar-refractivity contribution < 1.29 is 14.3 Å². The fourth-order valence-corrected chi connectivity index (χ4v) is 3.57. The van der Waals surface area contributed by atoms with Gasteiger partial charge in [-0.2, -0.15) is 0 Å². The Bertz CT molecular complexity index is 709. The van der Waals surface area contributed by atoms with Crippen LogP contribution in [0.2, 0.25) is 0 Å². The van der Waals surface area contributed by atoms with Crippen LogP contribution < -0.4 is 10.6 Å². The SMILES string of the molecule is O=C(NC[C@@H]1C[C@H](c2ccccc2)CO1)N[C@H]1COC[C@H]1n1ccnn1.